The Bertz CT molecular complexity index is 84.5. The summed E-state index contributed by atoms with van der Waals surface area (Å²) in [6.45, 7) is 0. The van der Waals surface area contributed by atoms with Crippen molar-refractivity contribution in [3.05, 3.63) is 0 Å². The van der Waals surface area contributed by atoms with Crippen LogP contribution in [0.25, 0.3) is 0 Å². The van der Waals surface area contributed by atoms with Gasteiger partial charge in [0, 0.05) is 7.11 Å². The molecule has 1 saturated carbocycles. The van der Waals surface area contributed by atoms with E-state index in [1.807, 2.05) is 0 Å². The highest BCUT2D eigenvalue weighted by Gasteiger charge is 2.17. The smallest absolute Gasteiger partial charge is 0.154 e. The van der Waals surface area contributed by atoms with Gasteiger partial charge in [0.15, 0.2) is 6.29 Å². The van der Waals surface area contributed by atoms with E-state index in [1.54, 1.807) is 7.11 Å². The summed E-state index contributed by atoms with van der Waals surface area (Å²) < 4.78 is 4.72. The second-order valence-electron chi connectivity index (χ2n) is 3.06. The second-order valence-corrected chi connectivity index (χ2v) is 3.06. The van der Waals surface area contributed by atoms with Crippen LogP contribution >= 0.6 is 0 Å². The third kappa shape index (κ3) is 2.27. The van der Waals surface area contributed by atoms with Crippen molar-refractivity contribution >= 4 is 0 Å². The van der Waals surface area contributed by atoms with Crippen LogP contribution in [0, 0.1) is 5.92 Å². The Kier molecular flexibility index (Phi) is 3.16. The minimum absolute atomic E-state index is 0.527. The zero-order valence-electron chi connectivity index (χ0n) is 6.55. The van der Waals surface area contributed by atoms with Gasteiger partial charge in [0.05, 0.1) is 0 Å². The molecule has 1 rings (SSSR count). The molecule has 0 radical (unpaired) electrons. The first-order chi connectivity index (χ1) is 4.83. The molecule has 0 heterocycles. The van der Waals surface area contributed by atoms with Crippen molar-refractivity contribution < 1.29 is 9.84 Å². The Morgan fingerprint density at radius 2 is 2.30 bits per heavy atom. The van der Waals surface area contributed by atoms with Crippen molar-refractivity contribution in [3.8, 4) is 0 Å². The third-order valence-electron chi connectivity index (χ3n) is 2.32. The topological polar surface area (TPSA) is 29.5 Å². The van der Waals surface area contributed by atoms with Crippen LogP contribution in [0.2, 0.25) is 0 Å². The summed E-state index contributed by atoms with van der Waals surface area (Å²) in [6, 6.07) is 0. The van der Waals surface area contributed by atoms with E-state index in [0.29, 0.717) is 0 Å². The second kappa shape index (κ2) is 3.94. The van der Waals surface area contributed by atoms with Crippen LogP contribution in [0.1, 0.15) is 32.1 Å². The molecular weight excluding hydrogens is 128 g/mol. The van der Waals surface area contributed by atoms with Gasteiger partial charge in [-0.25, -0.2) is 0 Å². The van der Waals surface area contributed by atoms with Crippen LogP contribution in [-0.4, -0.2) is 18.5 Å². The molecular formula is C8H16O2. The third-order valence-corrected chi connectivity index (χ3v) is 2.32. The van der Waals surface area contributed by atoms with Crippen molar-refractivity contribution in [2.45, 2.75) is 38.4 Å². The summed E-state index contributed by atoms with van der Waals surface area (Å²) in [5.41, 5.74) is 0. The first-order valence-electron chi connectivity index (χ1n) is 4.04. The monoisotopic (exact) mass is 144 g/mol. The zero-order chi connectivity index (χ0) is 7.40. The molecule has 2 nitrogen and oxygen atoms in total. The standard InChI is InChI=1S/C8H16O2/c1-10-8(9)6-5-7-3-2-4-7/h7-9H,2-6H2,1H3. The molecule has 0 bridgehead atoms. The number of hydrogen-bond acceptors (Lipinski definition) is 2. The normalized spacial score (nSPS) is 22.2. The van der Waals surface area contributed by atoms with E-state index in [0.717, 1.165) is 18.8 Å². The predicted molar refractivity (Wildman–Crippen MR) is 39.6 cm³/mol. The van der Waals surface area contributed by atoms with Crippen LogP contribution in [0.3, 0.4) is 0 Å². The summed E-state index contributed by atoms with van der Waals surface area (Å²) >= 11 is 0. The first-order valence-corrected chi connectivity index (χ1v) is 4.04. The highest BCUT2D eigenvalue weighted by molar-refractivity contribution is 4.69. The highest BCUT2D eigenvalue weighted by atomic mass is 16.6. The average molecular weight is 144 g/mol. The molecule has 1 fully saturated rings. The lowest BCUT2D eigenvalue weighted by Crippen LogP contribution is -2.15. The van der Waals surface area contributed by atoms with E-state index in [1.165, 1.54) is 19.3 Å². The Labute approximate surface area is 62.2 Å². The van der Waals surface area contributed by atoms with E-state index in [2.05, 4.69) is 0 Å². The summed E-state index contributed by atoms with van der Waals surface area (Å²) in [7, 11) is 1.55. The van der Waals surface area contributed by atoms with E-state index < -0.39 is 6.29 Å². The molecule has 2 heteroatoms. The molecule has 1 atom stereocenters. The van der Waals surface area contributed by atoms with Crippen LogP contribution in [0.15, 0.2) is 0 Å². The van der Waals surface area contributed by atoms with Crippen molar-refractivity contribution in [1.82, 2.24) is 0 Å². The fourth-order valence-electron chi connectivity index (χ4n) is 1.28. The molecule has 0 aromatic rings. The van der Waals surface area contributed by atoms with Crippen molar-refractivity contribution in [2.75, 3.05) is 7.11 Å². The summed E-state index contributed by atoms with van der Waals surface area (Å²) in [5.74, 6) is 0.879. The summed E-state index contributed by atoms with van der Waals surface area (Å²) in [6.07, 6.45) is 5.51. The number of methoxy groups -OCH3 is 1. The van der Waals surface area contributed by atoms with Gasteiger partial charge in [0.25, 0.3) is 0 Å². The number of hydrogen-bond donors (Lipinski definition) is 1. The van der Waals surface area contributed by atoms with Gasteiger partial charge in [0.1, 0.15) is 0 Å². The Morgan fingerprint density at radius 1 is 1.60 bits per heavy atom. The van der Waals surface area contributed by atoms with Crippen LogP contribution in [-0.2, 0) is 4.74 Å². The number of ether oxygens (including phenoxy) is 1. The lowest BCUT2D eigenvalue weighted by atomic mass is 9.82. The van der Waals surface area contributed by atoms with E-state index in [9.17, 15) is 0 Å². The Balaban J connectivity index is 1.93. The van der Waals surface area contributed by atoms with Gasteiger partial charge in [-0.1, -0.05) is 19.3 Å². The van der Waals surface area contributed by atoms with Gasteiger partial charge in [-0.05, 0) is 18.8 Å². The quantitative estimate of drug-likeness (QED) is 0.606. The molecule has 0 aromatic heterocycles. The maximum atomic E-state index is 9.00. The highest BCUT2D eigenvalue weighted by Crippen LogP contribution is 2.30. The Hall–Kier alpha value is -0.0800. The molecule has 0 aromatic carbocycles. The van der Waals surface area contributed by atoms with Crippen molar-refractivity contribution in [2.24, 2.45) is 5.92 Å². The molecule has 10 heavy (non-hydrogen) atoms. The lowest BCUT2D eigenvalue weighted by molar-refractivity contribution is -0.0825. The van der Waals surface area contributed by atoms with Crippen LogP contribution < -0.4 is 0 Å². The molecule has 1 unspecified atom stereocenters. The molecule has 0 aliphatic heterocycles. The summed E-state index contributed by atoms with van der Waals surface area (Å²) in [5, 5.41) is 9.00. The molecule has 0 amide bonds. The number of aliphatic hydroxyl groups is 1. The minimum atomic E-state index is -0.527. The van der Waals surface area contributed by atoms with Crippen LogP contribution in [0.5, 0.6) is 0 Å². The van der Waals surface area contributed by atoms with Crippen molar-refractivity contribution in [3.63, 3.8) is 0 Å². The van der Waals surface area contributed by atoms with Gasteiger partial charge >= 0.3 is 0 Å². The molecule has 0 spiro atoms. The van der Waals surface area contributed by atoms with Crippen LogP contribution in [0.4, 0.5) is 0 Å². The number of aliphatic hydroxyl groups excluding tert-OH is 1. The van der Waals surface area contributed by atoms with Crippen molar-refractivity contribution in [1.29, 1.82) is 0 Å². The average Bonchev–Trinajstić information content (AvgIpc) is 1.84. The zero-order valence-corrected chi connectivity index (χ0v) is 6.55. The fourth-order valence-corrected chi connectivity index (χ4v) is 1.28. The van der Waals surface area contributed by atoms with E-state index in [-0.39, 0.29) is 0 Å². The largest absolute Gasteiger partial charge is 0.368 e. The van der Waals surface area contributed by atoms with Gasteiger partial charge in [0.2, 0.25) is 0 Å². The Morgan fingerprint density at radius 3 is 2.70 bits per heavy atom. The van der Waals surface area contributed by atoms with Gasteiger partial charge in [-0.2, -0.15) is 0 Å². The molecule has 1 N–H and O–H groups in total. The molecule has 1 aliphatic carbocycles. The minimum Gasteiger partial charge on any atom is -0.368 e. The van der Waals surface area contributed by atoms with E-state index >= 15 is 0 Å². The van der Waals surface area contributed by atoms with Gasteiger partial charge in [-0.15, -0.1) is 0 Å². The SMILES string of the molecule is COC(O)CCC1CCC1. The molecule has 1 aliphatic rings. The first kappa shape index (κ1) is 8.02. The van der Waals surface area contributed by atoms with Gasteiger partial charge < -0.3 is 9.84 Å². The summed E-state index contributed by atoms with van der Waals surface area (Å²) in [4.78, 5) is 0. The predicted octanol–water partition coefficient (Wildman–Crippen LogP) is 1.53. The maximum absolute atomic E-state index is 9.00. The van der Waals surface area contributed by atoms with Gasteiger partial charge in [-0.3, -0.25) is 0 Å². The maximum Gasteiger partial charge on any atom is 0.154 e. The van der Waals surface area contributed by atoms with E-state index in [4.69, 9.17) is 9.84 Å². The fraction of sp³-hybridized carbons (Fsp3) is 1.00. The lowest BCUT2D eigenvalue weighted by Gasteiger charge is -2.25. The number of rotatable bonds is 4. The molecule has 60 valence electrons. The molecule has 0 saturated heterocycles.